The molecule has 1 saturated carbocycles. The molecular weight excluding hydrogens is 316 g/mol. The molecule has 0 spiro atoms. The zero-order valence-electron chi connectivity index (χ0n) is 16.2. The average Bonchev–Trinajstić information content (AvgIpc) is 2.87. The Morgan fingerprint density at radius 3 is 1.96 bits per heavy atom. The van der Waals surface area contributed by atoms with Crippen LogP contribution in [-0.4, -0.2) is 24.6 Å². The van der Waals surface area contributed by atoms with E-state index >= 15 is 0 Å². The van der Waals surface area contributed by atoms with Crippen LogP contribution in [0, 0.1) is 0 Å². The summed E-state index contributed by atoms with van der Waals surface area (Å²) in [5, 5.41) is 0. The third-order valence-corrected chi connectivity index (χ3v) is 4.89. The molecule has 0 saturated heterocycles. The first-order valence-electron chi connectivity index (χ1n) is 10.6. The second-order valence-corrected chi connectivity index (χ2v) is 7.30. The highest BCUT2D eigenvalue weighted by molar-refractivity contribution is 5.77. The highest BCUT2D eigenvalue weighted by Gasteiger charge is 2.17. The predicted octanol–water partition coefficient (Wildman–Crippen LogP) is 5.72. The Morgan fingerprint density at radius 1 is 0.760 bits per heavy atom. The molecule has 1 rings (SSSR count). The van der Waals surface area contributed by atoms with Crippen LogP contribution in [0.25, 0.3) is 0 Å². The van der Waals surface area contributed by atoms with Crippen molar-refractivity contribution in [3.05, 3.63) is 0 Å². The van der Waals surface area contributed by atoms with Gasteiger partial charge in [0.1, 0.15) is 6.10 Å². The number of hydrogen-bond acceptors (Lipinski definition) is 4. The summed E-state index contributed by atoms with van der Waals surface area (Å²) in [5.74, 6) is -0.531. The number of unbranched alkanes of at least 4 members (excludes halogenated alkanes) is 7. The Kier molecular flexibility index (Phi) is 13.4. The van der Waals surface area contributed by atoms with Crippen LogP contribution in [0.2, 0.25) is 0 Å². The van der Waals surface area contributed by atoms with E-state index in [0.717, 1.165) is 38.5 Å². The second-order valence-electron chi connectivity index (χ2n) is 7.30. The average molecular weight is 355 g/mol. The van der Waals surface area contributed by atoms with Crippen molar-refractivity contribution in [2.24, 2.45) is 0 Å². The maximum absolute atomic E-state index is 11.8. The van der Waals surface area contributed by atoms with Crippen molar-refractivity contribution in [3.63, 3.8) is 0 Å². The SMILES string of the molecule is CCCCCCCCCCOC(=O)CCC(=O)OC1CCCCCC1. The fourth-order valence-electron chi connectivity index (χ4n) is 3.30. The van der Waals surface area contributed by atoms with Gasteiger partial charge in [0.05, 0.1) is 19.4 Å². The minimum absolute atomic E-state index is 0.0587. The molecule has 1 aliphatic rings. The first-order valence-corrected chi connectivity index (χ1v) is 10.6. The van der Waals surface area contributed by atoms with Gasteiger partial charge < -0.3 is 9.47 Å². The van der Waals surface area contributed by atoms with Gasteiger partial charge in [-0.25, -0.2) is 0 Å². The first kappa shape index (κ1) is 22.0. The smallest absolute Gasteiger partial charge is 0.306 e. The van der Waals surface area contributed by atoms with Gasteiger partial charge in [-0.3, -0.25) is 9.59 Å². The van der Waals surface area contributed by atoms with Gasteiger partial charge in [0.2, 0.25) is 0 Å². The van der Waals surface area contributed by atoms with E-state index in [1.165, 1.54) is 51.4 Å². The van der Waals surface area contributed by atoms with Crippen LogP contribution in [0.4, 0.5) is 0 Å². The molecule has 0 aromatic carbocycles. The van der Waals surface area contributed by atoms with Gasteiger partial charge in [-0.1, -0.05) is 64.7 Å². The summed E-state index contributed by atoms with van der Waals surface area (Å²) >= 11 is 0. The molecular formula is C21H38O4. The summed E-state index contributed by atoms with van der Waals surface area (Å²) in [6.45, 7) is 2.71. The van der Waals surface area contributed by atoms with E-state index < -0.39 is 0 Å². The lowest BCUT2D eigenvalue weighted by Gasteiger charge is -2.15. The van der Waals surface area contributed by atoms with E-state index in [4.69, 9.17) is 9.47 Å². The third-order valence-electron chi connectivity index (χ3n) is 4.89. The molecule has 0 bridgehead atoms. The van der Waals surface area contributed by atoms with Crippen LogP contribution in [0.15, 0.2) is 0 Å². The monoisotopic (exact) mass is 354 g/mol. The van der Waals surface area contributed by atoms with Gasteiger partial charge in [0.25, 0.3) is 0 Å². The van der Waals surface area contributed by atoms with Gasteiger partial charge in [-0.2, -0.15) is 0 Å². The van der Waals surface area contributed by atoms with Crippen LogP contribution in [0.1, 0.15) is 110 Å². The van der Waals surface area contributed by atoms with Crippen molar-refractivity contribution in [2.45, 2.75) is 116 Å². The molecule has 4 nitrogen and oxygen atoms in total. The molecule has 0 heterocycles. The zero-order valence-corrected chi connectivity index (χ0v) is 16.2. The van der Waals surface area contributed by atoms with Crippen LogP contribution in [-0.2, 0) is 19.1 Å². The Balaban J connectivity index is 1.93. The lowest BCUT2D eigenvalue weighted by molar-refractivity contribution is -0.154. The molecule has 0 radical (unpaired) electrons. The highest BCUT2D eigenvalue weighted by Crippen LogP contribution is 2.20. The molecule has 0 unspecified atom stereocenters. The van der Waals surface area contributed by atoms with Gasteiger partial charge >= 0.3 is 11.9 Å². The van der Waals surface area contributed by atoms with E-state index in [9.17, 15) is 9.59 Å². The minimum atomic E-state index is -0.277. The molecule has 0 N–H and O–H groups in total. The normalized spacial score (nSPS) is 15.6. The van der Waals surface area contributed by atoms with E-state index in [0.29, 0.717) is 6.61 Å². The Hall–Kier alpha value is -1.06. The molecule has 0 aromatic rings. The van der Waals surface area contributed by atoms with Crippen molar-refractivity contribution < 1.29 is 19.1 Å². The van der Waals surface area contributed by atoms with E-state index in [1.54, 1.807) is 0 Å². The van der Waals surface area contributed by atoms with Crippen LogP contribution >= 0.6 is 0 Å². The molecule has 146 valence electrons. The number of hydrogen-bond donors (Lipinski definition) is 0. The number of carbonyl (C=O) groups excluding carboxylic acids is 2. The number of ether oxygens (including phenoxy) is 2. The summed E-state index contributed by atoms with van der Waals surface area (Å²) in [7, 11) is 0. The zero-order chi connectivity index (χ0) is 18.2. The van der Waals surface area contributed by atoms with E-state index in [1.807, 2.05) is 0 Å². The number of esters is 2. The number of rotatable bonds is 13. The van der Waals surface area contributed by atoms with Crippen molar-refractivity contribution >= 4 is 11.9 Å². The van der Waals surface area contributed by atoms with Gasteiger partial charge in [0.15, 0.2) is 0 Å². The molecule has 0 atom stereocenters. The molecule has 1 fully saturated rings. The summed E-state index contributed by atoms with van der Waals surface area (Å²) in [4.78, 5) is 23.5. The fraction of sp³-hybridized carbons (Fsp3) is 0.905. The summed E-state index contributed by atoms with van der Waals surface area (Å²) in [6.07, 6.45) is 16.8. The fourth-order valence-corrected chi connectivity index (χ4v) is 3.30. The van der Waals surface area contributed by atoms with E-state index in [2.05, 4.69) is 6.92 Å². The van der Waals surface area contributed by atoms with Crippen molar-refractivity contribution in [1.82, 2.24) is 0 Å². The molecule has 25 heavy (non-hydrogen) atoms. The third kappa shape index (κ3) is 12.9. The van der Waals surface area contributed by atoms with Crippen LogP contribution < -0.4 is 0 Å². The van der Waals surface area contributed by atoms with Crippen LogP contribution in [0.3, 0.4) is 0 Å². The standard InChI is InChI=1S/C21H38O4/c1-2-3-4-5-6-7-10-13-18-24-20(22)16-17-21(23)25-19-14-11-8-9-12-15-19/h19H,2-18H2,1H3. The number of carbonyl (C=O) groups is 2. The van der Waals surface area contributed by atoms with E-state index in [-0.39, 0.29) is 30.9 Å². The molecule has 1 aliphatic carbocycles. The topological polar surface area (TPSA) is 52.6 Å². The quantitative estimate of drug-likeness (QED) is 0.241. The van der Waals surface area contributed by atoms with Gasteiger partial charge in [-0.05, 0) is 32.1 Å². The van der Waals surface area contributed by atoms with Gasteiger partial charge in [0, 0.05) is 0 Å². The molecule has 0 aromatic heterocycles. The molecule has 4 heteroatoms. The minimum Gasteiger partial charge on any atom is -0.466 e. The maximum atomic E-state index is 11.8. The Bertz CT molecular complexity index is 346. The summed E-state index contributed by atoms with van der Waals surface area (Å²) < 4.78 is 10.7. The largest absolute Gasteiger partial charge is 0.466 e. The summed E-state index contributed by atoms with van der Waals surface area (Å²) in [5.41, 5.74) is 0. The molecule has 0 amide bonds. The maximum Gasteiger partial charge on any atom is 0.306 e. The Morgan fingerprint density at radius 2 is 1.32 bits per heavy atom. The molecule has 0 aliphatic heterocycles. The first-order chi connectivity index (χ1) is 12.2. The van der Waals surface area contributed by atoms with Crippen molar-refractivity contribution in [2.75, 3.05) is 6.61 Å². The summed E-state index contributed by atoms with van der Waals surface area (Å²) in [6, 6.07) is 0. The van der Waals surface area contributed by atoms with Crippen LogP contribution in [0.5, 0.6) is 0 Å². The van der Waals surface area contributed by atoms with Crippen molar-refractivity contribution in [3.8, 4) is 0 Å². The Labute approximate surface area is 154 Å². The second kappa shape index (κ2) is 15.2. The van der Waals surface area contributed by atoms with Gasteiger partial charge in [-0.15, -0.1) is 0 Å². The lowest BCUT2D eigenvalue weighted by Crippen LogP contribution is -2.18. The highest BCUT2D eigenvalue weighted by atomic mass is 16.5. The van der Waals surface area contributed by atoms with Crippen molar-refractivity contribution in [1.29, 1.82) is 0 Å². The predicted molar refractivity (Wildman–Crippen MR) is 100 cm³/mol. The lowest BCUT2D eigenvalue weighted by atomic mass is 10.1.